The summed E-state index contributed by atoms with van der Waals surface area (Å²) in [6.07, 6.45) is 0. The van der Waals surface area contributed by atoms with Crippen LogP contribution < -0.4 is 0 Å². The molecule has 0 unspecified atom stereocenters. The summed E-state index contributed by atoms with van der Waals surface area (Å²) in [7, 11) is 0. The first-order valence-corrected chi connectivity index (χ1v) is 5.69. The van der Waals surface area contributed by atoms with Crippen LogP contribution in [0.2, 0.25) is 0 Å². The lowest BCUT2D eigenvalue weighted by Crippen LogP contribution is -2.01. The number of carbonyl (C=O) groups is 1. The van der Waals surface area contributed by atoms with Crippen molar-refractivity contribution in [3.63, 3.8) is 0 Å². The van der Waals surface area contributed by atoms with E-state index in [4.69, 9.17) is 4.42 Å². The fraction of sp³-hybridized carbons (Fsp3) is 0.250. The van der Waals surface area contributed by atoms with Gasteiger partial charge in [-0.05, 0) is 32.2 Å². The minimum atomic E-state index is 0.0584. The number of aryl methyl sites for hydroxylation is 2. The van der Waals surface area contributed by atoms with Gasteiger partial charge in [-0.15, -0.1) is 0 Å². The molecule has 2 aromatic heterocycles. The molecule has 0 aliphatic rings. The number of ketones is 1. The first-order valence-electron chi connectivity index (χ1n) is 4.74. The summed E-state index contributed by atoms with van der Waals surface area (Å²) in [4.78, 5) is 12.1. The summed E-state index contributed by atoms with van der Waals surface area (Å²) < 4.78 is 5.45. The Morgan fingerprint density at radius 2 is 2.00 bits per heavy atom. The lowest BCUT2D eigenvalue weighted by Gasteiger charge is -1.97. The van der Waals surface area contributed by atoms with Crippen molar-refractivity contribution >= 4 is 17.1 Å². The van der Waals surface area contributed by atoms with E-state index in [1.807, 2.05) is 37.6 Å². The molecule has 15 heavy (non-hydrogen) atoms. The molecule has 0 saturated carbocycles. The molecule has 0 saturated heterocycles. The average Bonchev–Trinajstić information content (AvgIpc) is 2.76. The van der Waals surface area contributed by atoms with Gasteiger partial charge in [-0.2, -0.15) is 11.3 Å². The number of rotatable bonds is 2. The highest BCUT2D eigenvalue weighted by Gasteiger charge is 2.19. The van der Waals surface area contributed by atoms with Crippen molar-refractivity contribution in [1.82, 2.24) is 0 Å². The highest BCUT2D eigenvalue weighted by atomic mass is 32.1. The maximum absolute atomic E-state index is 12.1. The van der Waals surface area contributed by atoms with Gasteiger partial charge in [0.25, 0.3) is 0 Å². The van der Waals surface area contributed by atoms with Gasteiger partial charge in [0.15, 0.2) is 5.78 Å². The first kappa shape index (κ1) is 10.2. The number of thiophene rings is 1. The number of hydrogen-bond donors (Lipinski definition) is 0. The second-order valence-corrected chi connectivity index (χ2v) is 4.34. The Bertz CT molecular complexity index is 492. The third-order valence-corrected chi connectivity index (χ3v) is 3.26. The van der Waals surface area contributed by atoms with Crippen LogP contribution in [-0.2, 0) is 0 Å². The Labute approximate surface area is 92.5 Å². The van der Waals surface area contributed by atoms with Crippen LogP contribution in [0.4, 0.5) is 0 Å². The average molecular weight is 220 g/mol. The predicted octanol–water partition coefficient (Wildman–Crippen LogP) is 3.50. The van der Waals surface area contributed by atoms with Crippen molar-refractivity contribution in [3.05, 3.63) is 45.0 Å². The van der Waals surface area contributed by atoms with Crippen LogP contribution in [0.1, 0.15) is 33.0 Å². The maximum Gasteiger partial charge on any atom is 0.197 e. The minimum absolute atomic E-state index is 0.0584. The minimum Gasteiger partial charge on any atom is -0.466 e. The first-order chi connectivity index (χ1) is 7.11. The van der Waals surface area contributed by atoms with Gasteiger partial charge in [-0.1, -0.05) is 0 Å². The van der Waals surface area contributed by atoms with E-state index < -0.39 is 0 Å². The molecule has 2 nitrogen and oxygen atoms in total. The number of hydrogen-bond acceptors (Lipinski definition) is 3. The lowest BCUT2D eigenvalue weighted by molar-refractivity contribution is 0.103. The molecular formula is C12H12O2S. The fourth-order valence-electron chi connectivity index (χ4n) is 1.67. The van der Waals surface area contributed by atoms with Gasteiger partial charge in [0, 0.05) is 16.5 Å². The van der Waals surface area contributed by atoms with E-state index in [-0.39, 0.29) is 5.78 Å². The van der Waals surface area contributed by atoms with Crippen LogP contribution in [0.25, 0.3) is 0 Å². The summed E-state index contributed by atoms with van der Waals surface area (Å²) >= 11 is 1.53. The van der Waals surface area contributed by atoms with Gasteiger partial charge in [-0.25, -0.2) is 0 Å². The molecule has 0 aliphatic heterocycles. The van der Waals surface area contributed by atoms with Gasteiger partial charge in [-0.3, -0.25) is 4.79 Å². The van der Waals surface area contributed by atoms with E-state index in [1.165, 1.54) is 11.3 Å². The molecule has 0 spiro atoms. The van der Waals surface area contributed by atoms with Gasteiger partial charge >= 0.3 is 0 Å². The second kappa shape index (κ2) is 3.66. The van der Waals surface area contributed by atoms with Crippen molar-refractivity contribution in [1.29, 1.82) is 0 Å². The summed E-state index contributed by atoms with van der Waals surface area (Å²) in [5.74, 6) is 1.59. The topological polar surface area (TPSA) is 30.2 Å². The van der Waals surface area contributed by atoms with Crippen LogP contribution in [0.3, 0.4) is 0 Å². The Kier molecular flexibility index (Phi) is 2.49. The molecule has 3 heteroatoms. The predicted molar refractivity (Wildman–Crippen MR) is 60.7 cm³/mol. The van der Waals surface area contributed by atoms with E-state index in [0.29, 0.717) is 11.3 Å². The van der Waals surface area contributed by atoms with Gasteiger partial charge < -0.3 is 4.42 Å². The van der Waals surface area contributed by atoms with Crippen molar-refractivity contribution < 1.29 is 9.21 Å². The zero-order valence-electron chi connectivity index (χ0n) is 8.96. The van der Waals surface area contributed by atoms with E-state index in [9.17, 15) is 4.79 Å². The van der Waals surface area contributed by atoms with Gasteiger partial charge in [0.1, 0.15) is 11.5 Å². The number of furan rings is 1. The Hall–Kier alpha value is -1.35. The molecule has 0 N–H and O–H groups in total. The van der Waals surface area contributed by atoms with E-state index in [1.54, 1.807) is 0 Å². The summed E-state index contributed by atoms with van der Waals surface area (Å²) in [5.41, 5.74) is 2.40. The van der Waals surface area contributed by atoms with Crippen molar-refractivity contribution in [3.8, 4) is 0 Å². The van der Waals surface area contributed by atoms with Crippen LogP contribution in [0.5, 0.6) is 0 Å². The monoisotopic (exact) mass is 220 g/mol. The molecule has 2 rings (SSSR count). The van der Waals surface area contributed by atoms with Crippen LogP contribution in [-0.4, -0.2) is 5.78 Å². The smallest absolute Gasteiger partial charge is 0.197 e. The second-order valence-electron chi connectivity index (χ2n) is 3.56. The summed E-state index contributed by atoms with van der Waals surface area (Å²) in [6.45, 7) is 5.64. The highest BCUT2D eigenvalue weighted by Crippen LogP contribution is 2.24. The van der Waals surface area contributed by atoms with Gasteiger partial charge in [0.05, 0.1) is 5.56 Å². The molecule has 2 heterocycles. The van der Waals surface area contributed by atoms with Crippen LogP contribution in [0, 0.1) is 20.8 Å². The molecule has 78 valence electrons. The third-order valence-electron chi connectivity index (χ3n) is 2.57. The Balaban J connectivity index is 2.51. The van der Waals surface area contributed by atoms with Crippen molar-refractivity contribution in [2.45, 2.75) is 20.8 Å². The molecule has 0 atom stereocenters. The largest absolute Gasteiger partial charge is 0.466 e. The van der Waals surface area contributed by atoms with Crippen molar-refractivity contribution in [2.75, 3.05) is 0 Å². The third kappa shape index (κ3) is 1.63. The SMILES string of the molecule is Cc1oc(C)c(C(=O)c2ccsc2)c1C. The summed E-state index contributed by atoms with van der Waals surface area (Å²) in [6, 6.07) is 1.84. The molecule has 0 aromatic carbocycles. The molecule has 0 radical (unpaired) electrons. The Morgan fingerprint density at radius 1 is 1.27 bits per heavy atom. The lowest BCUT2D eigenvalue weighted by atomic mass is 10.0. The molecule has 2 aromatic rings. The number of carbonyl (C=O) groups excluding carboxylic acids is 1. The molecule has 0 aliphatic carbocycles. The van der Waals surface area contributed by atoms with E-state index in [0.717, 1.165) is 16.9 Å². The van der Waals surface area contributed by atoms with Gasteiger partial charge in [0.2, 0.25) is 0 Å². The van der Waals surface area contributed by atoms with Crippen LogP contribution in [0.15, 0.2) is 21.2 Å². The van der Waals surface area contributed by atoms with E-state index >= 15 is 0 Å². The highest BCUT2D eigenvalue weighted by molar-refractivity contribution is 7.08. The fourth-order valence-corrected chi connectivity index (χ4v) is 2.30. The maximum atomic E-state index is 12.1. The quantitative estimate of drug-likeness (QED) is 0.725. The standard InChI is InChI=1S/C12H12O2S/c1-7-8(2)14-9(3)11(7)12(13)10-4-5-15-6-10/h4-6H,1-3H3. The molecule has 0 bridgehead atoms. The zero-order chi connectivity index (χ0) is 11.0. The zero-order valence-corrected chi connectivity index (χ0v) is 9.77. The normalized spacial score (nSPS) is 10.6. The van der Waals surface area contributed by atoms with E-state index in [2.05, 4.69) is 0 Å². The molecular weight excluding hydrogens is 208 g/mol. The summed E-state index contributed by atoms with van der Waals surface area (Å²) in [5, 5.41) is 3.77. The van der Waals surface area contributed by atoms with Crippen molar-refractivity contribution in [2.24, 2.45) is 0 Å². The van der Waals surface area contributed by atoms with Crippen LogP contribution >= 0.6 is 11.3 Å². The Morgan fingerprint density at radius 3 is 2.47 bits per heavy atom. The molecule has 0 amide bonds. The molecule has 0 fully saturated rings.